The van der Waals surface area contributed by atoms with Gasteiger partial charge < -0.3 is 16.6 Å². The summed E-state index contributed by atoms with van der Waals surface area (Å²) in [6, 6.07) is 0. The second-order valence-electron chi connectivity index (χ2n) is 1.00. The zero-order chi connectivity index (χ0) is 9.70. The highest BCUT2D eigenvalue weighted by Gasteiger charge is 1.57. The summed E-state index contributed by atoms with van der Waals surface area (Å²) in [5.74, 6) is 0.236. The molecule has 0 atom stereocenters. The van der Waals surface area contributed by atoms with Crippen molar-refractivity contribution in [2.75, 3.05) is 12.4 Å². The van der Waals surface area contributed by atoms with Gasteiger partial charge in [0.2, 0.25) is 0 Å². The van der Waals surface area contributed by atoms with Crippen molar-refractivity contribution < 1.29 is 5.11 Å². The van der Waals surface area contributed by atoms with Gasteiger partial charge in [0.15, 0.2) is 5.96 Å². The summed E-state index contributed by atoms with van der Waals surface area (Å²) in [5.41, 5.74) is 8.94. The highest BCUT2D eigenvalue weighted by atomic mass is 32.1. The van der Waals surface area contributed by atoms with Gasteiger partial charge in [-0.05, 0) is 0 Å². The molecule has 0 fully saturated rings. The van der Waals surface area contributed by atoms with Gasteiger partial charge in [0.05, 0.1) is 6.61 Å². The Morgan fingerprint density at radius 2 is 1.73 bits per heavy atom. The van der Waals surface area contributed by atoms with Crippen molar-refractivity contribution >= 4 is 31.2 Å². The molecule has 66 valence electrons. The Morgan fingerprint density at radius 3 is 1.73 bits per heavy atom. The number of nitrogens with two attached hydrogens (primary N) is 2. The minimum atomic E-state index is -0.333. The molecule has 0 aromatic heterocycles. The number of aliphatic hydroxyl groups is 1. The number of nitrogens with one attached hydrogen (secondary N) is 1. The Morgan fingerprint density at radius 1 is 1.64 bits per heavy atom. The summed E-state index contributed by atoms with van der Waals surface area (Å²) in [6.45, 7) is 0.184. The van der Waals surface area contributed by atoms with Crippen molar-refractivity contribution in [2.24, 2.45) is 11.5 Å². The second-order valence-corrected chi connectivity index (χ2v) is 1.65. The molecule has 5 nitrogen and oxygen atoms in total. The minimum Gasteiger partial charge on any atom is -0.396 e. The largest absolute Gasteiger partial charge is 0.396 e. The Balaban J connectivity index is -0.0000000886. The highest BCUT2D eigenvalue weighted by Crippen LogP contribution is 1.61. The third-order valence-electron chi connectivity index (χ3n) is 0.1000. The third kappa shape index (κ3) is 2940. The SMILES string of the molecule is N#CS.N=C(N)N.OCCS. The molecule has 0 aromatic rings. The Kier molecular flexibility index (Phi) is 34.7. The number of hydrogen-bond donors (Lipinski definition) is 6. The monoisotopic (exact) mass is 196 g/mol. The number of thiocyanates is 1. The van der Waals surface area contributed by atoms with Crippen LogP contribution in [0.4, 0.5) is 0 Å². The van der Waals surface area contributed by atoms with Crippen LogP contribution in [-0.4, -0.2) is 23.4 Å². The first kappa shape index (κ1) is 16.8. The summed E-state index contributed by atoms with van der Waals surface area (Å²) in [7, 11) is 0. The predicted molar refractivity (Wildman–Crippen MR) is 51.6 cm³/mol. The molecule has 0 amide bonds. The number of guanidine groups is 1. The maximum Gasteiger partial charge on any atom is 0.183 e. The molecule has 0 unspecified atom stereocenters. The Hall–Kier alpha value is -0.580. The van der Waals surface area contributed by atoms with E-state index in [9.17, 15) is 0 Å². The highest BCUT2D eigenvalue weighted by molar-refractivity contribution is 7.85. The van der Waals surface area contributed by atoms with Crippen LogP contribution in [0.15, 0.2) is 0 Å². The van der Waals surface area contributed by atoms with Crippen LogP contribution in [0.5, 0.6) is 0 Å². The van der Waals surface area contributed by atoms with E-state index in [0.717, 1.165) is 0 Å². The molecule has 0 radical (unpaired) electrons. The number of thiol groups is 2. The fourth-order valence-corrected chi connectivity index (χ4v) is 0. The maximum absolute atomic E-state index is 7.80. The fraction of sp³-hybridized carbons (Fsp3) is 0.500. The molecular weight excluding hydrogens is 184 g/mol. The van der Waals surface area contributed by atoms with Gasteiger partial charge in [0.1, 0.15) is 5.40 Å². The molecule has 0 aromatic carbocycles. The lowest BCUT2D eigenvalue weighted by molar-refractivity contribution is 0.323. The molecule has 0 bridgehead atoms. The Bertz CT molecular complexity index is 107. The van der Waals surface area contributed by atoms with Crippen molar-refractivity contribution in [3.05, 3.63) is 0 Å². The zero-order valence-corrected chi connectivity index (χ0v) is 7.65. The lowest BCUT2D eigenvalue weighted by Crippen LogP contribution is -2.20. The Labute approximate surface area is 76.7 Å². The molecule has 0 rings (SSSR count). The fourth-order valence-electron chi connectivity index (χ4n) is 0. The van der Waals surface area contributed by atoms with Gasteiger partial charge in [-0.1, -0.05) is 12.6 Å². The summed E-state index contributed by atoms with van der Waals surface area (Å²) in [6.07, 6.45) is 0. The first-order valence-corrected chi connectivity index (χ1v) is 3.49. The zero-order valence-electron chi connectivity index (χ0n) is 5.86. The molecule has 11 heavy (non-hydrogen) atoms. The van der Waals surface area contributed by atoms with Crippen LogP contribution < -0.4 is 11.5 Å². The summed E-state index contributed by atoms with van der Waals surface area (Å²) in [5, 5.41) is 22.5. The number of aliphatic hydroxyl groups excluding tert-OH is 1. The van der Waals surface area contributed by atoms with Crippen molar-refractivity contribution in [2.45, 2.75) is 0 Å². The molecule has 7 heteroatoms. The van der Waals surface area contributed by atoms with Gasteiger partial charge in [-0.15, -0.1) is 0 Å². The van der Waals surface area contributed by atoms with E-state index in [-0.39, 0.29) is 12.6 Å². The molecule has 0 aliphatic carbocycles. The topological polar surface area (TPSA) is 120 Å². The van der Waals surface area contributed by atoms with Gasteiger partial charge in [0, 0.05) is 5.75 Å². The molecule has 0 heterocycles. The second kappa shape index (κ2) is 22.7. The third-order valence-corrected chi connectivity index (χ3v) is 0.300. The molecule has 0 aliphatic heterocycles. The van der Waals surface area contributed by atoms with E-state index in [1.54, 1.807) is 0 Å². The van der Waals surface area contributed by atoms with Gasteiger partial charge in [0.25, 0.3) is 0 Å². The molecule has 0 spiro atoms. The van der Waals surface area contributed by atoms with Crippen molar-refractivity contribution in [1.82, 2.24) is 0 Å². The average Bonchev–Trinajstić information content (AvgIpc) is 1.88. The van der Waals surface area contributed by atoms with Crippen LogP contribution in [0.2, 0.25) is 0 Å². The predicted octanol–water partition coefficient (Wildman–Crippen LogP) is -0.856. The summed E-state index contributed by atoms with van der Waals surface area (Å²) >= 11 is 6.76. The van der Waals surface area contributed by atoms with Gasteiger partial charge >= 0.3 is 0 Å². The molecule has 0 saturated heterocycles. The van der Waals surface area contributed by atoms with Crippen LogP contribution in [0.3, 0.4) is 0 Å². The quantitative estimate of drug-likeness (QED) is 0.141. The minimum absolute atomic E-state index is 0.184. The van der Waals surface area contributed by atoms with E-state index in [4.69, 9.17) is 15.8 Å². The molecular formula is C4H12N4OS2. The van der Waals surface area contributed by atoms with Gasteiger partial charge in [-0.3, -0.25) is 5.41 Å². The first-order valence-electron chi connectivity index (χ1n) is 2.41. The normalized spacial score (nSPS) is 5.64. The van der Waals surface area contributed by atoms with Crippen LogP contribution in [0.1, 0.15) is 0 Å². The van der Waals surface area contributed by atoms with Crippen LogP contribution in [0, 0.1) is 16.1 Å². The molecule has 6 N–H and O–H groups in total. The maximum atomic E-state index is 7.80. The lowest BCUT2D eigenvalue weighted by Gasteiger charge is -1.69. The van der Waals surface area contributed by atoms with Gasteiger partial charge in [-0.25, -0.2) is 0 Å². The van der Waals surface area contributed by atoms with Crippen LogP contribution in [0.25, 0.3) is 0 Å². The van der Waals surface area contributed by atoms with E-state index in [2.05, 4.69) is 36.7 Å². The van der Waals surface area contributed by atoms with E-state index < -0.39 is 0 Å². The molecule has 0 aliphatic rings. The number of nitriles is 1. The summed E-state index contributed by atoms with van der Waals surface area (Å²) < 4.78 is 0. The van der Waals surface area contributed by atoms with E-state index in [0.29, 0.717) is 5.75 Å². The van der Waals surface area contributed by atoms with E-state index >= 15 is 0 Å². The van der Waals surface area contributed by atoms with Crippen LogP contribution >= 0.6 is 25.3 Å². The summed E-state index contributed by atoms with van der Waals surface area (Å²) in [4.78, 5) is 0. The number of nitrogens with zero attached hydrogens (tertiary/aromatic N) is 1. The lowest BCUT2D eigenvalue weighted by atomic mass is 10.9. The standard InChI is InChI=1S/C2H6OS.CH5N3.CHNS/c3-1-2-4;2-1(3)4;2-1-3/h3-4H,1-2H2;(H5,2,3,4);3H. The average molecular weight is 196 g/mol. The van der Waals surface area contributed by atoms with E-state index in [1.807, 2.05) is 0 Å². The smallest absolute Gasteiger partial charge is 0.183 e. The van der Waals surface area contributed by atoms with E-state index in [1.165, 1.54) is 5.40 Å². The van der Waals surface area contributed by atoms with Crippen LogP contribution in [-0.2, 0) is 0 Å². The van der Waals surface area contributed by atoms with Crippen molar-refractivity contribution in [3.8, 4) is 5.40 Å². The first-order chi connectivity index (χ1) is 5.06. The number of rotatable bonds is 1. The van der Waals surface area contributed by atoms with Crippen molar-refractivity contribution in [1.29, 1.82) is 10.7 Å². The molecule has 0 saturated carbocycles. The van der Waals surface area contributed by atoms with Gasteiger partial charge in [-0.2, -0.15) is 17.9 Å². The number of hydrogen-bond acceptors (Lipinski definition) is 5. The van der Waals surface area contributed by atoms with Crippen molar-refractivity contribution in [3.63, 3.8) is 0 Å².